The molecule has 0 atom stereocenters. The zero-order valence-corrected chi connectivity index (χ0v) is 13.1. The second kappa shape index (κ2) is 12.0. The normalized spacial score (nSPS) is 10.4. The van der Waals surface area contributed by atoms with E-state index < -0.39 is 18.6 Å². The number of rotatable bonds is 12. The Morgan fingerprint density at radius 2 is 1.56 bits per heavy atom. The third-order valence-electron chi connectivity index (χ3n) is 1.93. The zero-order chi connectivity index (χ0) is 13.8. The SMILES string of the molecule is CCC[O][Ti]([O]CCC)[C](=O)CC(=O)COCC. The van der Waals surface area contributed by atoms with E-state index >= 15 is 0 Å². The summed E-state index contributed by atoms with van der Waals surface area (Å²) in [4.78, 5) is 23.3. The van der Waals surface area contributed by atoms with Gasteiger partial charge in [0.1, 0.15) is 0 Å². The fraction of sp³-hybridized carbons (Fsp3) is 0.833. The van der Waals surface area contributed by atoms with Crippen molar-refractivity contribution >= 4 is 9.87 Å². The molecule has 6 heteroatoms. The molecular weight excluding hydrogens is 272 g/mol. The van der Waals surface area contributed by atoms with Gasteiger partial charge in [0.05, 0.1) is 0 Å². The molecule has 0 N–H and O–H groups in total. The average Bonchev–Trinajstić information content (AvgIpc) is 2.36. The van der Waals surface area contributed by atoms with Gasteiger partial charge in [0.25, 0.3) is 0 Å². The summed E-state index contributed by atoms with van der Waals surface area (Å²) in [6.07, 6.45) is 1.56. The molecule has 0 unspecified atom stereocenters. The minimum absolute atomic E-state index is 0.00457. The number of hydrogen-bond acceptors (Lipinski definition) is 5. The molecule has 0 saturated heterocycles. The van der Waals surface area contributed by atoms with Gasteiger partial charge in [-0.1, -0.05) is 0 Å². The molecule has 0 aromatic rings. The Morgan fingerprint density at radius 3 is 2.00 bits per heavy atom. The van der Waals surface area contributed by atoms with Crippen LogP contribution in [0.15, 0.2) is 0 Å². The molecule has 0 heterocycles. The molecular formula is C12H23O5Ti. The number of hydrogen-bond donors (Lipinski definition) is 0. The van der Waals surface area contributed by atoms with Crippen molar-refractivity contribution in [2.75, 3.05) is 26.4 Å². The zero-order valence-electron chi connectivity index (χ0n) is 11.5. The van der Waals surface area contributed by atoms with E-state index in [0.29, 0.717) is 19.8 Å². The monoisotopic (exact) mass is 295 g/mol. The van der Waals surface area contributed by atoms with Crippen molar-refractivity contribution in [3.8, 4) is 0 Å². The van der Waals surface area contributed by atoms with Crippen LogP contribution in [0.25, 0.3) is 0 Å². The molecule has 105 valence electrons. The van der Waals surface area contributed by atoms with E-state index in [2.05, 4.69) is 0 Å². The first-order valence-electron chi connectivity index (χ1n) is 6.40. The summed E-state index contributed by atoms with van der Waals surface area (Å²) < 4.78 is 15.7. The van der Waals surface area contributed by atoms with Crippen LogP contribution in [0.4, 0.5) is 0 Å². The van der Waals surface area contributed by atoms with Crippen molar-refractivity contribution in [1.29, 1.82) is 0 Å². The van der Waals surface area contributed by atoms with Crippen molar-refractivity contribution in [2.24, 2.45) is 0 Å². The van der Waals surface area contributed by atoms with Crippen molar-refractivity contribution in [2.45, 2.75) is 40.0 Å². The molecule has 0 rings (SSSR count). The molecule has 0 spiro atoms. The quantitative estimate of drug-likeness (QED) is 0.406. The number of carbonyl (C=O) groups excluding carboxylic acids is 2. The van der Waals surface area contributed by atoms with Crippen molar-refractivity contribution in [1.82, 2.24) is 0 Å². The Kier molecular flexibility index (Phi) is 11.9. The van der Waals surface area contributed by atoms with Crippen LogP contribution in [0.2, 0.25) is 0 Å². The van der Waals surface area contributed by atoms with Crippen LogP contribution >= 0.6 is 0 Å². The molecule has 0 amide bonds. The minimum atomic E-state index is -2.66. The van der Waals surface area contributed by atoms with Crippen LogP contribution in [0.5, 0.6) is 0 Å². The molecule has 0 saturated carbocycles. The first kappa shape index (κ1) is 17.9. The van der Waals surface area contributed by atoms with Gasteiger partial charge in [-0.25, -0.2) is 0 Å². The predicted molar refractivity (Wildman–Crippen MR) is 63.6 cm³/mol. The number of ketones is 1. The van der Waals surface area contributed by atoms with Crippen LogP contribution in [-0.4, -0.2) is 36.3 Å². The first-order valence-corrected chi connectivity index (χ1v) is 8.46. The van der Waals surface area contributed by atoms with Crippen LogP contribution in [-0.2, 0) is 39.6 Å². The summed E-state index contributed by atoms with van der Waals surface area (Å²) in [5.41, 5.74) is 0. The van der Waals surface area contributed by atoms with E-state index in [0.717, 1.165) is 12.8 Å². The Morgan fingerprint density at radius 1 is 1.00 bits per heavy atom. The molecule has 0 radical (unpaired) electrons. The maximum absolute atomic E-state index is 11.9. The van der Waals surface area contributed by atoms with E-state index in [4.69, 9.17) is 11.4 Å². The van der Waals surface area contributed by atoms with E-state index in [1.165, 1.54) is 0 Å². The van der Waals surface area contributed by atoms with Gasteiger partial charge >= 0.3 is 116 Å². The number of carbonyl (C=O) groups is 2. The summed E-state index contributed by atoms with van der Waals surface area (Å²) >= 11 is -2.66. The van der Waals surface area contributed by atoms with Crippen molar-refractivity contribution in [3.63, 3.8) is 0 Å². The van der Waals surface area contributed by atoms with Gasteiger partial charge in [-0.15, -0.1) is 0 Å². The summed E-state index contributed by atoms with van der Waals surface area (Å²) in [6.45, 7) is 7.26. The maximum atomic E-state index is 11.9. The fourth-order valence-corrected chi connectivity index (χ4v) is 3.49. The predicted octanol–water partition coefficient (Wildman–Crippen LogP) is 1.81. The fourth-order valence-electron chi connectivity index (χ4n) is 1.11. The topological polar surface area (TPSA) is 61.8 Å². The molecule has 0 aliphatic rings. The van der Waals surface area contributed by atoms with Crippen LogP contribution in [0.3, 0.4) is 0 Å². The molecule has 18 heavy (non-hydrogen) atoms. The second-order valence-corrected chi connectivity index (χ2v) is 6.43. The molecule has 0 bridgehead atoms. The Bertz CT molecular complexity index is 237. The number of ether oxygens (including phenoxy) is 1. The van der Waals surface area contributed by atoms with E-state index in [1.54, 1.807) is 0 Å². The van der Waals surface area contributed by atoms with Gasteiger partial charge in [0, 0.05) is 0 Å². The van der Waals surface area contributed by atoms with Gasteiger partial charge in [-0.2, -0.15) is 0 Å². The first-order chi connectivity index (χ1) is 8.65. The Labute approximate surface area is 116 Å². The summed E-state index contributed by atoms with van der Waals surface area (Å²) in [5.74, 6) is -0.202. The molecule has 0 aliphatic heterocycles. The van der Waals surface area contributed by atoms with Crippen molar-refractivity contribution < 1.29 is 39.6 Å². The van der Waals surface area contributed by atoms with Gasteiger partial charge in [-0.05, 0) is 0 Å². The van der Waals surface area contributed by atoms with Gasteiger partial charge in [0.15, 0.2) is 0 Å². The van der Waals surface area contributed by atoms with Crippen LogP contribution in [0, 0.1) is 0 Å². The Balaban J connectivity index is 4.13. The average molecular weight is 295 g/mol. The van der Waals surface area contributed by atoms with E-state index in [9.17, 15) is 9.59 Å². The Hall–Kier alpha value is -0.0657. The second-order valence-electron chi connectivity index (χ2n) is 3.76. The van der Waals surface area contributed by atoms with Gasteiger partial charge in [0.2, 0.25) is 0 Å². The van der Waals surface area contributed by atoms with Crippen LogP contribution in [0.1, 0.15) is 40.0 Å². The van der Waals surface area contributed by atoms with Gasteiger partial charge in [-0.3, -0.25) is 0 Å². The summed E-state index contributed by atoms with van der Waals surface area (Å²) in [7, 11) is 0. The third kappa shape index (κ3) is 8.94. The van der Waals surface area contributed by atoms with Crippen LogP contribution < -0.4 is 0 Å². The van der Waals surface area contributed by atoms with E-state index in [-0.39, 0.29) is 22.9 Å². The standard InChI is InChI=1S/C6H9O3.2C3H7O.Ti/c1-2-9-5-6(8)3-4-7;2*1-2-3-4;/h2-3,5H2,1H3;2*2-3H2,1H3;/q;2*-1;+2. The van der Waals surface area contributed by atoms with Gasteiger partial charge < -0.3 is 0 Å². The van der Waals surface area contributed by atoms with E-state index in [1.807, 2.05) is 20.8 Å². The summed E-state index contributed by atoms with van der Waals surface area (Å²) in [6, 6.07) is 0. The molecule has 0 aromatic heterocycles. The summed E-state index contributed by atoms with van der Waals surface area (Å²) in [5, 5.41) is 0. The number of Topliss-reactive ketones (excluding diaryl/α,β-unsaturated/α-hetero) is 1. The van der Waals surface area contributed by atoms with Crippen molar-refractivity contribution in [3.05, 3.63) is 0 Å². The molecule has 0 fully saturated rings. The molecule has 5 nitrogen and oxygen atoms in total. The molecule has 0 aliphatic carbocycles. The third-order valence-corrected chi connectivity index (χ3v) is 4.37. The molecule has 0 aromatic carbocycles.